The van der Waals surface area contributed by atoms with Crippen molar-refractivity contribution in [2.75, 3.05) is 11.9 Å². The third-order valence-corrected chi connectivity index (χ3v) is 6.25. The first-order valence-electron chi connectivity index (χ1n) is 8.38. The molecule has 2 aromatic rings. The van der Waals surface area contributed by atoms with Crippen molar-refractivity contribution in [3.05, 3.63) is 73.0 Å². The van der Waals surface area contributed by atoms with Crippen LogP contribution in [-0.4, -0.2) is 34.6 Å². The molecule has 0 radical (unpaired) electrons. The van der Waals surface area contributed by atoms with Gasteiger partial charge < -0.3 is 10.4 Å². The summed E-state index contributed by atoms with van der Waals surface area (Å²) in [6.07, 6.45) is 0. The molecule has 2 aliphatic heterocycles. The lowest BCUT2D eigenvalue weighted by Gasteiger charge is -2.30. The normalized spacial score (nSPS) is 28.4. The molecule has 28 heavy (non-hydrogen) atoms. The summed E-state index contributed by atoms with van der Waals surface area (Å²) >= 11 is 9.12. The zero-order valence-corrected chi connectivity index (χ0v) is 16.5. The Morgan fingerprint density at radius 2 is 2.11 bits per heavy atom. The van der Waals surface area contributed by atoms with Gasteiger partial charge in [-0.1, -0.05) is 29.8 Å². The fourth-order valence-electron chi connectivity index (χ4n) is 4.32. The number of nitrogens with one attached hydrogen (secondary N) is 2. The Morgan fingerprint density at radius 3 is 2.79 bits per heavy atom. The minimum absolute atomic E-state index is 0.0116. The molecule has 10 heteroatoms. The summed E-state index contributed by atoms with van der Waals surface area (Å²) in [5, 5.41) is 27.7. The molecule has 0 unspecified atom stereocenters. The minimum Gasteiger partial charge on any atom is -0.394 e. The van der Waals surface area contributed by atoms with Crippen LogP contribution in [-0.2, 0) is 10.3 Å². The van der Waals surface area contributed by atoms with E-state index in [0.717, 1.165) is 0 Å². The van der Waals surface area contributed by atoms with E-state index in [1.807, 2.05) is 0 Å². The number of rotatable bonds is 3. The predicted octanol–water partition coefficient (Wildman–Crippen LogP) is 2.78. The van der Waals surface area contributed by atoms with Gasteiger partial charge in [-0.3, -0.25) is 20.2 Å². The Balaban J connectivity index is 2.02. The van der Waals surface area contributed by atoms with Gasteiger partial charge in [0.1, 0.15) is 17.4 Å². The SMILES string of the molecule is O=C1Nc2cc(Cl)ccc2[C@]12N[C@@H](CO)[C@@H]([N+](=O)[O-])[C@@H]2c1cccc(Br)c1F. The minimum atomic E-state index is -1.62. The lowest BCUT2D eigenvalue weighted by Crippen LogP contribution is -2.49. The average Bonchev–Trinajstić information content (AvgIpc) is 3.13. The predicted molar refractivity (Wildman–Crippen MR) is 103 cm³/mol. The van der Waals surface area contributed by atoms with Crippen LogP contribution in [0.25, 0.3) is 0 Å². The van der Waals surface area contributed by atoms with Gasteiger partial charge in [0.05, 0.1) is 17.0 Å². The summed E-state index contributed by atoms with van der Waals surface area (Å²) < 4.78 is 15.1. The molecule has 1 fully saturated rings. The second-order valence-corrected chi connectivity index (χ2v) is 8.07. The van der Waals surface area contributed by atoms with Gasteiger partial charge >= 0.3 is 0 Å². The summed E-state index contributed by atoms with van der Waals surface area (Å²) in [6, 6.07) is 6.65. The summed E-state index contributed by atoms with van der Waals surface area (Å²) in [7, 11) is 0. The monoisotopic (exact) mass is 469 g/mol. The first kappa shape index (κ1) is 19.3. The van der Waals surface area contributed by atoms with Crippen LogP contribution < -0.4 is 10.6 Å². The van der Waals surface area contributed by atoms with Crippen molar-refractivity contribution in [3.8, 4) is 0 Å². The first-order valence-corrected chi connectivity index (χ1v) is 9.55. The number of halogens is 3. The van der Waals surface area contributed by atoms with E-state index in [4.69, 9.17) is 11.6 Å². The summed E-state index contributed by atoms with van der Waals surface area (Å²) in [4.78, 5) is 24.5. The van der Waals surface area contributed by atoms with Crippen molar-refractivity contribution >= 4 is 39.1 Å². The molecular formula is C18H14BrClFN3O4. The van der Waals surface area contributed by atoms with Gasteiger partial charge in [0.25, 0.3) is 0 Å². The van der Waals surface area contributed by atoms with Crippen LogP contribution in [0.15, 0.2) is 40.9 Å². The van der Waals surface area contributed by atoms with Crippen LogP contribution in [0, 0.1) is 15.9 Å². The number of fused-ring (bicyclic) bond motifs is 2. The number of aliphatic hydroxyl groups is 1. The summed E-state index contributed by atoms with van der Waals surface area (Å²) in [5.74, 6) is -2.44. The van der Waals surface area contributed by atoms with Crippen molar-refractivity contribution in [2.24, 2.45) is 0 Å². The van der Waals surface area contributed by atoms with E-state index in [1.54, 1.807) is 18.2 Å². The number of nitro groups is 1. The van der Waals surface area contributed by atoms with Crippen LogP contribution in [0.5, 0.6) is 0 Å². The lowest BCUT2D eigenvalue weighted by molar-refractivity contribution is -0.527. The number of carbonyl (C=O) groups excluding carboxylic acids is 1. The first-order chi connectivity index (χ1) is 13.3. The molecule has 1 spiro atoms. The van der Waals surface area contributed by atoms with E-state index in [1.165, 1.54) is 18.2 Å². The van der Waals surface area contributed by atoms with Crippen molar-refractivity contribution in [1.29, 1.82) is 0 Å². The van der Waals surface area contributed by atoms with Crippen LogP contribution in [0.1, 0.15) is 17.0 Å². The molecule has 2 aliphatic rings. The molecule has 1 saturated heterocycles. The van der Waals surface area contributed by atoms with E-state index >= 15 is 4.39 Å². The molecule has 4 atom stereocenters. The highest BCUT2D eigenvalue weighted by Crippen LogP contribution is 2.53. The Morgan fingerprint density at radius 1 is 1.36 bits per heavy atom. The van der Waals surface area contributed by atoms with Crippen molar-refractivity contribution in [3.63, 3.8) is 0 Å². The number of anilines is 1. The Bertz CT molecular complexity index is 1010. The molecule has 0 aliphatic carbocycles. The zero-order valence-electron chi connectivity index (χ0n) is 14.2. The number of nitrogens with zero attached hydrogens (tertiary/aromatic N) is 1. The Labute approximate surface area is 172 Å². The van der Waals surface area contributed by atoms with Gasteiger partial charge in [-0.2, -0.15) is 0 Å². The molecule has 1 amide bonds. The van der Waals surface area contributed by atoms with Crippen molar-refractivity contribution in [1.82, 2.24) is 5.32 Å². The second-order valence-electron chi connectivity index (χ2n) is 6.78. The van der Waals surface area contributed by atoms with Crippen molar-refractivity contribution in [2.45, 2.75) is 23.5 Å². The molecule has 0 aromatic heterocycles. The standard InChI is InChI=1S/C18H14BrClFN3O4/c19-11-3-1-2-9(15(11)21)14-16(24(27)28)13(7-25)23-18(14)10-5-4-8(20)6-12(10)22-17(18)26/h1-6,13-14,16,23,25H,7H2,(H,22,26)/t13-,14-,16+,18+/m0/s1. The number of aliphatic hydroxyl groups excluding tert-OH is 1. The van der Waals surface area contributed by atoms with Crippen LogP contribution in [0.4, 0.5) is 10.1 Å². The smallest absolute Gasteiger partial charge is 0.250 e. The molecule has 3 N–H and O–H groups in total. The average molecular weight is 471 g/mol. The van der Waals surface area contributed by atoms with E-state index < -0.39 is 46.8 Å². The molecular weight excluding hydrogens is 457 g/mol. The third-order valence-electron chi connectivity index (χ3n) is 5.40. The maximum atomic E-state index is 15.0. The third kappa shape index (κ3) is 2.57. The topological polar surface area (TPSA) is 104 Å². The molecule has 4 rings (SSSR count). The molecule has 2 aromatic carbocycles. The van der Waals surface area contributed by atoms with Gasteiger partial charge in [-0.05, 0) is 34.1 Å². The highest BCUT2D eigenvalue weighted by molar-refractivity contribution is 9.10. The molecule has 146 valence electrons. The van der Waals surface area contributed by atoms with Gasteiger partial charge in [-0.15, -0.1) is 0 Å². The van der Waals surface area contributed by atoms with E-state index in [0.29, 0.717) is 16.3 Å². The fourth-order valence-corrected chi connectivity index (χ4v) is 4.87. The van der Waals surface area contributed by atoms with Gasteiger partial charge in [0.15, 0.2) is 0 Å². The Kier molecular flexibility index (Phi) is 4.65. The maximum absolute atomic E-state index is 15.0. The summed E-state index contributed by atoms with van der Waals surface area (Å²) in [5.41, 5.74) is -0.787. The lowest BCUT2D eigenvalue weighted by atomic mass is 9.74. The van der Waals surface area contributed by atoms with Gasteiger partial charge in [-0.25, -0.2) is 4.39 Å². The molecule has 0 bridgehead atoms. The van der Waals surface area contributed by atoms with E-state index in [9.17, 15) is 20.0 Å². The van der Waals surface area contributed by atoms with E-state index in [2.05, 4.69) is 26.6 Å². The summed E-state index contributed by atoms with van der Waals surface area (Å²) in [6.45, 7) is -0.588. The van der Waals surface area contributed by atoms with Gasteiger partial charge in [0.2, 0.25) is 11.9 Å². The van der Waals surface area contributed by atoms with E-state index in [-0.39, 0.29) is 10.0 Å². The Hall–Kier alpha value is -2.07. The van der Waals surface area contributed by atoms with Crippen LogP contribution in [0.2, 0.25) is 5.02 Å². The zero-order chi connectivity index (χ0) is 20.2. The fraction of sp³-hybridized carbons (Fsp3) is 0.278. The number of carbonyl (C=O) groups is 1. The quantitative estimate of drug-likeness (QED) is 0.473. The molecule has 2 heterocycles. The largest absolute Gasteiger partial charge is 0.394 e. The van der Waals surface area contributed by atoms with Crippen LogP contribution in [0.3, 0.4) is 0 Å². The molecule has 7 nitrogen and oxygen atoms in total. The highest BCUT2D eigenvalue weighted by atomic mass is 79.9. The second kappa shape index (κ2) is 6.77. The highest BCUT2D eigenvalue weighted by Gasteiger charge is 2.67. The van der Waals surface area contributed by atoms with Crippen LogP contribution >= 0.6 is 27.5 Å². The number of amides is 1. The number of benzene rings is 2. The number of hydrogen-bond acceptors (Lipinski definition) is 5. The maximum Gasteiger partial charge on any atom is 0.250 e. The van der Waals surface area contributed by atoms with Crippen molar-refractivity contribution < 1.29 is 19.2 Å². The van der Waals surface area contributed by atoms with Gasteiger partial charge in [0, 0.05) is 26.8 Å². The number of hydrogen-bond donors (Lipinski definition) is 3. The molecule has 0 saturated carbocycles.